The summed E-state index contributed by atoms with van der Waals surface area (Å²) in [6, 6.07) is 8.40. The third-order valence-corrected chi connectivity index (χ3v) is 2.20. The molecule has 1 heterocycles. The highest BCUT2D eigenvalue weighted by Gasteiger charge is 2.07. The molecule has 0 unspecified atom stereocenters. The highest BCUT2D eigenvalue weighted by atomic mass is 19.1. The Morgan fingerprint density at radius 1 is 1.27 bits per heavy atom. The van der Waals surface area contributed by atoms with Gasteiger partial charge in [-0.2, -0.15) is 5.10 Å². The normalized spacial score (nSPS) is 10.5. The molecule has 1 aromatic heterocycles. The minimum atomic E-state index is -0.278. The topological polar surface area (TPSA) is 43.8 Å². The maximum absolute atomic E-state index is 13.5. The number of nitrogens with zero attached hydrogens (tertiary/aromatic N) is 2. The Morgan fingerprint density at radius 2 is 2.07 bits per heavy atom. The van der Waals surface area contributed by atoms with E-state index in [0.717, 1.165) is 5.69 Å². The van der Waals surface area contributed by atoms with Crippen molar-refractivity contribution >= 4 is 0 Å². The van der Waals surface area contributed by atoms with Gasteiger partial charge in [0.1, 0.15) is 11.5 Å². The summed E-state index contributed by atoms with van der Waals surface area (Å²) in [6.45, 7) is 0.528. The molecule has 0 atom stereocenters. The molecular weight excluding hydrogens is 193 g/mol. The third kappa shape index (κ3) is 1.89. The van der Waals surface area contributed by atoms with Crippen LogP contribution in [0.2, 0.25) is 0 Å². The largest absolute Gasteiger partial charge is 0.330 e. The molecule has 0 fully saturated rings. The Hall–Kier alpha value is -1.68. The van der Waals surface area contributed by atoms with Crippen molar-refractivity contribution in [3.8, 4) is 5.69 Å². The van der Waals surface area contributed by atoms with Gasteiger partial charge in [0.05, 0.1) is 0 Å². The van der Waals surface area contributed by atoms with Gasteiger partial charge in [0.15, 0.2) is 0 Å². The molecule has 0 spiro atoms. The smallest absolute Gasteiger partial charge is 0.148 e. The highest BCUT2D eigenvalue weighted by molar-refractivity contribution is 5.34. The first-order valence-corrected chi connectivity index (χ1v) is 4.81. The molecule has 0 bridgehead atoms. The minimum absolute atomic E-state index is 0.278. The predicted octanol–water partition coefficient (Wildman–Crippen LogP) is 1.51. The lowest BCUT2D eigenvalue weighted by Crippen LogP contribution is -2.09. The van der Waals surface area contributed by atoms with E-state index in [-0.39, 0.29) is 5.82 Å². The molecule has 0 aliphatic rings. The molecule has 2 aromatic rings. The second-order valence-corrected chi connectivity index (χ2v) is 3.22. The maximum atomic E-state index is 13.5. The lowest BCUT2D eigenvalue weighted by molar-refractivity contribution is 0.606. The van der Waals surface area contributed by atoms with Crippen molar-refractivity contribution in [1.29, 1.82) is 0 Å². The minimum Gasteiger partial charge on any atom is -0.330 e. The van der Waals surface area contributed by atoms with Crippen LogP contribution in [-0.2, 0) is 6.42 Å². The molecule has 0 aliphatic heterocycles. The molecule has 0 aliphatic carbocycles. The average molecular weight is 205 g/mol. The second-order valence-electron chi connectivity index (χ2n) is 3.22. The molecule has 0 saturated heterocycles. The van der Waals surface area contributed by atoms with E-state index >= 15 is 0 Å². The number of para-hydroxylation sites is 1. The summed E-state index contributed by atoms with van der Waals surface area (Å²) in [7, 11) is 0. The van der Waals surface area contributed by atoms with Crippen molar-refractivity contribution in [2.24, 2.45) is 5.73 Å². The van der Waals surface area contributed by atoms with Gasteiger partial charge in [-0.1, -0.05) is 12.1 Å². The highest BCUT2D eigenvalue weighted by Crippen LogP contribution is 2.14. The van der Waals surface area contributed by atoms with Gasteiger partial charge in [0.25, 0.3) is 0 Å². The average Bonchev–Trinajstić information content (AvgIpc) is 2.67. The molecule has 1 aromatic carbocycles. The predicted molar refractivity (Wildman–Crippen MR) is 56.3 cm³/mol. The molecule has 2 rings (SSSR count). The van der Waals surface area contributed by atoms with E-state index in [0.29, 0.717) is 18.7 Å². The zero-order valence-corrected chi connectivity index (χ0v) is 8.23. The van der Waals surface area contributed by atoms with E-state index in [2.05, 4.69) is 5.10 Å². The summed E-state index contributed by atoms with van der Waals surface area (Å²) < 4.78 is 15.1. The van der Waals surface area contributed by atoms with Crippen molar-refractivity contribution in [2.45, 2.75) is 6.42 Å². The number of benzene rings is 1. The summed E-state index contributed by atoms with van der Waals surface area (Å²) in [4.78, 5) is 0. The zero-order chi connectivity index (χ0) is 10.7. The summed E-state index contributed by atoms with van der Waals surface area (Å²) >= 11 is 0. The lowest BCUT2D eigenvalue weighted by Gasteiger charge is -2.07. The zero-order valence-electron chi connectivity index (χ0n) is 8.23. The van der Waals surface area contributed by atoms with Gasteiger partial charge in [0, 0.05) is 18.3 Å². The fraction of sp³-hybridized carbons (Fsp3) is 0.182. The van der Waals surface area contributed by atoms with Crippen LogP contribution in [-0.4, -0.2) is 16.3 Å². The van der Waals surface area contributed by atoms with Crippen LogP contribution in [0, 0.1) is 5.82 Å². The number of nitrogens with two attached hydrogens (primary N) is 1. The Bertz CT molecular complexity index is 451. The van der Waals surface area contributed by atoms with Crippen molar-refractivity contribution < 1.29 is 4.39 Å². The number of hydrogen-bond acceptors (Lipinski definition) is 2. The molecule has 2 N–H and O–H groups in total. The van der Waals surface area contributed by atoms with E-state index in [1.807, 2.05) is 6.07 Å². The molecule has 0 radical (unpaired) electrons. The first-order valence-electron chi connectivity index (χ1n) is 4.81. The standard InChI is InChI=1S/C11H12FN3/c12-10-3-1-2-4-11(10)15-9(5-7-13)6-8-14-15/h1-4,6,8H,5,7,13H2. The van der Waals surface area contributed by atoms with E-state index in [4.69, 9.17) is 5.73 Å². The van der Waals surface area contributed by atoms with Crippen LogP contribution in [0.4, 0.5) is 4.39 Å². The lowest BCUT2D eigenvalue weighted by atomic mass is 10.2. The van der Waals surface area contributed by atoms with Gasteiger partial charge in [-0.15, -0.1) is 0 Å². The quantitative estimate of drug-likeness (QED) is 0.825. The summed E-state index contributed by atoms with van der Waals surface area (Å²) in [5.74, 6) is -0.278. The van der Waals surface area contributed by atoms with E-state index in [1.165, 1.54) is 6.07 Å². The van der Waals surface area contributed by atoms with Crippen molar-refractivity contribution in [3.05, 3.63) is 48.0 Å². The van der Waals surface area contributed by atoms with Crippen molar-refractivity contribution in [2.75, 3.05) is 6.54 Å². The molecule has 15 heavy (non-hydrogen) atoms. The van der Waals surface area contributed by atoms with Gasteiger partial charge < -0.3 is 5.73 Å². The molecule has 3 nitrogen and oxygen atoms in total. The molecule has 0 amide bonds. The summed E-state index contributed by atoms with van der Waals surface area (Å²) in [5, 5.41) is 4.09. The van der Waals surface area contributed by atoms with Crippen molar-refractivity contribution in [3.63, 3.8) is 0 Å². The first kappa shape index (κ1) is 9.86. The number of hydrogen-bond donors (Lipinski definition) is 1. The van der Waals surface area contributed by atoms with Gasteiger partial charge >= 0.3 is 0 Å². The summed E-state index contributed by atoms with van der Waals surface area (Å²) in [6.07, 6.45) is 2.34. The summed E-state index contributed by atoms with van der Waals surface area (Å²) in [5.41, 5.74) is 6.85. The molecular formula is C11H12FN3. The van der Waals surface area contributed by atoms with Crippen LogP contribution in [0.15, 0.2) is 36.5 Å². The number of aromatic nitrogens is 2. The van der Waals surface area contributed by atoms with Gasteiger partial charge in [-0.3, -0.25) is 0 Å². The molecule has 0 saturated carbocycles. The Labute approximate surface area is 87.3 Å². The van der Waals surface area contributed by atoms with Crippen LogP contribution in [0.3, 0.4) is 0 Å². The van der Waals surface area contributed by atoms with Crippen LogP contribution in [0.5, 0.6) is 0 Å². The van der Waals surface area contributed by atoms with Crippen molar-refractivity contribution in [1.82, 2.24) is 9.78 Å². The fourth-order valence-electron chi connectivity index (χ4n) is 1.51. The number of halogens is 1. The van der Waals surface area contributed by atoms with Gasteiger partial charge in [-0.05, 0) is 24.7 Å². The van der Waals surface area contributed by atoms with Gasteiger partial charge in [0.2, 0.25) is 0 Å². The number of rotatable bonds is 3. The fourth-order valence-corrected chi connectivity index (χ4v) is 1.51. The van der Waals surface area contributed by atoms with Crippen LogP contribution < -0.4 is 5.73 Å². The SMILES string of the molecule is NCCc1ccnn1-c1ccccc1F. The maximum Gasteiger partial charge on any atom is 0.148 e. The van der Waals surface area contributed by atoms with Crippen LogP contribution in [0.1, 0.15) is 5.69 Å². The second kappa shape index (κ2) is 4.23. The Kier molecular flexibility index (Phi) is 2.78. The van der Waals surface area contributed by atoms with E-state index < -0.39 is 0 Å². The molecule has 78 valence electrons. The van der Waals surface area contributed by atoms with Crippen LogP contribution >= 0.6 is 0 Å². The third-order valence-electron chi connectivity index (χ3n) is 2.20. The first-order chi connectivity index (χ1) is 7.33. The Morgan fingerprint density at radius 3 is 2.80 bits per heavy atom. The van der Waals surface area contributed by atoms with Gasteiger partial charge in [-0.25, -0.2) is 9.07 Å². The van der Waals surface area contributed by atoms with E-state index in [9.17, 15) is 4.39 Å². The molecule has 4 heteroatoms. The van der Waals surface area contributed by atoms with Crippen LogP contribution in [0.25, 0.3) is 5.69 Å². The Balaban J connectivity index is 2.45. The monoisotopic (exact) mass is 205 g/mol. The van der Waals surface area contributed by atoms with E-state index in [1.54, 1.807) is 29.1 Å².